The lowest BCUT2D eigenvalue weighted by atomic mass is 10.0. The SMILES string of the molecule is N#Cc1ccc(NC2CCCN(CC(F)(F)F)C2=O)nn1. The van der Waals surface area contributed by atoms with E-state index in [1.165, 1.54) is 12.1 Å². The molecular formula is C12H12F3N5O. The quantitative estimate of drug-likeness (QED) is 0.910. The summed E-state index contributed by atoms with van der Waals surface area (Å²) in [6.45, 7) is -1.15. The number of piperidine rings is 1. The number of alkyl halides is 3. The van der Waals surface area contributed by atoms with E-state index in [1.807, 2.05) is 0 Å². The van der Waals surface area contributed by atoms with Crippen molar-refractivity contribution in [3.63, 3.8) is 0 Å². The van der Waals surface area contributed by atoms with Crippen molar-refractivity contribution in [2.45, 2.75) is 25.1 Å². The third-order valence-corrected chi connectivity index (χ3v) is 3.00. The van der Waals surface area contributed by atoms with Crippen LogP contribution >= 0.6 is 0 Å². The third-order valence-electron chi connectivity index (χ3n) is 3.00. The normalized spacial score (nSPS) is 19.2. The van der Waals surface area contributed by atoms with Crippen molar-refractivity contribution in [2.75, 3.05) is 18.4 Å². The number of rotatable bonds is 3. The molecule has 0 aliphatic carbocycles. The van der Waals surface area contributed by atoms with Gasteiger partial charge in [-0.3, -0.25) is 4.79 Å². The molecule has 112 valence electrons. The van der Waals surface area contributed by atoms with E-state index in [4.69, 9.17) is 5.26 Å². The molecule has 9 heteroatoms. The number of amides is 1. The van der Waals surface area contributed by atoms with Crippen molar-refractivity contribution >= 4 is 11.7 Å². The van der Waals surface area contributed by atoms with Crippen LogP contribution in [0.15, 0.2) is 12.1 Å². The predicted molar refractivity (Wildman–Crippen MR) is 66.0 cm³/mol. The van der Waals surface area contributed by atoms with Crippen LogP contribution in [0.1, 0.15) is 18.5 Å². The number of nitrogens with zero attached hydrogens (tertiary/aromatic N) is 4. The van der Waals surface area contributed by atoms with E-state index < -0.39 is 24.7 Å². The highest BCUT2D eigenvalue weighted by Gasteiger charge is 2.37. The van der Waals surface area contributed by atoms with Crippen LogP contribution in [-0.2, 0) is 4.79 Å². The molecule has 2 rings (SSSR count). The van der Waals surface area contributed by atoms with Gasteiger partial charge in [-0.15, -0.1) is 10.2 Å². The van der Waals surface area contributed by atoms with E-state index in [0.717, 1.165) is 4.90 Å². The molecule has 2 heterocycles. The fourth-order valence-corrected chi connectivity index (χ4v) is 2.10. The summed E-state index contributed by atoms with van der Waals surface area (Å²) in [5.41, 5.74) is 0.120. The van der Waals surface area contributed by atoms with Crippen molar-refractivity contribution in [2.24, 2.45) is 0 Å². The first kappa shape index (κ1) is 15.0. The number of carbonyl (C=O) groups is 1. The molecule has 1 fully saturated rings. The average Bonchev–Trinajstić information content (AvgIpc) is 2.43. The fourth-order valence-electron chi connectivity index (χ4n) is 2.10. The highest BCUT2D eigenvalue weighted by atomic mass is 19.4. The van der Waals surface area contributed by atoms with Crippen LogP contribution in [0, 0.1) is 11.3 Å². The van der Waals surface area contributed by atoms with Crippen molar-refractivity contribution in [3.05, 3.63) is 17.8 Å². The summed E-state index contributed by atoms with van der Waals surface area (Å²) in [6, 6.07) is 3.91. The van der Waals surface area contributed by atoms with Crippen molar-refractivity contribution in [3.8, 4) is 6.07 Å². The first-order valence-corrected chi connectivity index (χ1v) is 6.25. The number of nitrogens with one attached hydrogen (secondary N) is 1. The smallest absolute Gasteiger partial charge is 0.357 e. The number of anilines is 1. The van der Waals surface area contributed by atoms with Gasteiger partial charge in [0.15, 0.2) is 5.69 Å². The molecule has 0 radical (unpaired) electrons. The average molecular weight is 299 g/mol. The largest absolute Gasteiger partial charge is 0.406 e. The summed E-state index contributed by atoms with van der Waals surface area (Å²) in [4.78, 5) is 12.8. The van der Waals surface area contributed by atoms with Gasteiger partial charge in [0.25, 0.3) is 0 Å². The Morgan fingerprint density at radius 3 is 2.76 bits per heavy atom. The van der Waals surface area contributed by atoms with Gasteiger partial charge in [0, 0.05) is 6.54 Å². The fraction of sp³-hybridized carbons (Fsp3) is 0.500. The van der Waals surface area contributed by atoms with Crippen LogP contribution in [-0.4, -0.2) is 46.3 Å². The topological polar surface area (TPSA) is 81.9 Å². The minimum absolute atomic E-state index is 0.0928. The van der Waals surface area contributed by atoms with Crippen LogP contribution in [0.3, 0.4) is 0 Å². The molecule has 1 atom stereocenters. The zero-order chi connectivity index (χ0) is 15.5. The molecule has 0 bridgehead atoms. The maximum absolute atomic E-state index is 12.4. The summed E-state index contributed by atoms with van der Waals surface area (Å²) in [7, 11) is 0. The zero-order valence-corrected chi connectivity index (χ0v) is 10.9. The van der Waals surface area contributed by atoms with Gasteiger partial charge < -0.3 is 10.2 Å². The minimum Gasteiger partial charge on any atom is -0.357 e. The van der Waals surface area contributed by atoms with Gasteiger partial charge in [-0.2, -0.15) is 18.4 Å². The Balaban J connectivity index is 2.02. The van der Waals surface area contributed by atoms with E-state index in [2.05, 4.69) is 15.5 Å². The molecular weight excluding hydrogens is 287 g/mol. The predicted octanol–water partition coefficient (Wildman–Crippen LogP) is 1.31. The van der Waals surface area contributed by atoms with Gasteiger partial charge in [0.05, 0.1) is 0 Å². The molecule has 1 N–H and O–H groups in total. The molecule has 1 unspecified atom stereocenters. The molecule has 1 amide bonds. The van der Waals surface area contributed by atoms with Gasteiger partial charge in [-0.1, -0.05) is 0 Å². The molecule has 6 nitrogen and oxygen atoms in total. The molecule has 0 saturated carbocycles. The second-order valence-electron chi connectivity index (χ2n) is 4.63. The summed E-state index contributed by atoms with van der Waals surface area (Å²) in [6.07, 6.45) is -3.51. The Morgan fingerprint density at radius 2 is 2.19 bits per heavy atom. The molecule has 1 aromatic rings. The Hall–Kier alpha value is -2.37. The van der Waals surface area contributed by atoms with Gasteiger partial charge in [0.2, 0.25) is 5.91 Å². The molecule has 1 saturated heterocycles. The molecule has 0 aromatic carbocycles. The maximum Gasteiger partial charge on any atom is 0.406 e. The molecule has 0 spiro atoms. The van der Waals surface area contributed by atoms with Crippen LogP contribution in [0.4, 0.5) is 19.0 Å². The van der Waals surface area contributed by atoms with Gasteiger partial charge in [-0.25, -0.2) is 0 Å². The van der Waals surface area contributed by atoms with Crippen LogP contribution in [0.25, 0.3) is 0 Å². The molecule has 1 aromatic heterocycles. The minimum atomic E-state index is -4.41. The molecule has 1 aliphatic heterocycles. The van der Waals surface area contributed by atoms with E-state index >= 15 is 0 Å². The standard InChI is InChI=1S/C12H12F3N5O/c13-12(14,15)7-20-5-1-2-9(11(20)21)17-10-4-3-8(6-16)18-19-10/h3-4,9H,1-2,5,7H2,(H,17,19). The second kappa shape index (κ2) is 5.95. The van der Waals surface area contributed by atoms with Crippen molar-refractivity contribution in [1.29, 1.82) is 5.26 Å². The van der Waals surface area contributed by atoms with Crippen LogP contribution < -0.4 is 5.32 Å². The highest BCUT2D eigenvalue weighted by Crippen LogP contribution is 2.22. The first-order chi connectivity index (χ1) is 9.89. The lowest BCUT2D eigenvalue weighted by molar-refractivity contribution is -0.163. The number of carbonyl (C=O) groups excluding carboxylic acids is 1. The summed E-state index contributed by atoms with van der Waals surface area (Å²) < 4.78 is 37.2. The number of halogens is 3. The molecule has 21 heavy (non-hydrogen) atoms. The van der Waals surface area contributed by atoms with Crippen molar-refractivity contribution in [1.82, 2.24) is 15.1 Å². The number of likely N-dealkylation sites (tertiary alicyclic amines) is 1. The van der Waals surface area contributed by atoms with Crippen LogP contribution in [0.2, 0.25) is 0 Å². The lowest BCUT2D eigenvalue weighted by Gasteiger charge is -2.33. The van der Waals surface area contributed by atoms with Gasteiger partial charge >= 0.3 is 6.18 Å². The van der Waals surface area contributed by atoms with E-state index in [1.54, 1.807) is 6.07 Å². The monoisotopic (exact) mass is 299 g/mol. The second-order valence-corrected chi connectivity index (χ2v) is 4.63. The van der Waals surface area contributed by atoms with E-state index in [-0.39, 0.29) is 18.1 Å². The van der Waals surface area contributed by atoms with E-state index in [0.29, 0.717) is 12.8 Å². The van der Waals surface area contributed by atoms with Crippen molar-refractivity contribution < 1.29 is 18.0 Å². The lowest BCUT2D eigenvalue weighted by Crippen LogP contribution is -2.50. The zero-order valence-electron chi connectivity index (χ0n) is 10.9. The van der Waals surface area contributed by atoms with Gasteiger partial charge in [-0.05, 0) is 25.0 Å². The summed E-state index contributed by atoms with van der Waals surface area (Å²) >= 11 is 0. The summed E-state index contributed by atoms with van der Waals surface area (Å²) in [5.74, 6) is -0.356. The van der Waals surface area contributed by atoms with Gasteiger partial charge in [0.1, 0.15) is 24.5 Å². The van der Waals surface area contributed by atoms with E-state index in [9.17, 15) is 18.0 Å². The Kier molecular flexibility index (Phi) is 4.26. The number of hydrogen-bond donors (Lipinski definition) is 1. The van der Waals surface area contributed by atoms with Crippen LogP contribution in [0.5, 0.6) is 0 Å². The number of hydrogen-bond acceptors (Lipinski definition) is 5. The number of nitriles is 1. The Bertz CT molecular complexity index is 551. The first-order valence-electron chi connectivity index (χ1n) is 6.25. The number of aromatic nitrogens is 2. The molecule has 1 aliphatic rings. The Labute approximate surface area is 118 Å². The summed E-state index contributed by atoms with van der Waals surface area (Å²) in [5, 5.41) is 18.6. The Morgan fingerprint density at radius 1 is 1.43 bits per heavy atom. The maximum atomic E-state index is 12.4. The third kappa shape index (κ3) is 4.05. The highest BCUT2D eigenvalue weighted by molar-refractivity contribution is 5.85.